The van der Waals surface area contributed by atoms with Crippen molar-refractivity contribution in [2.75, 3.05) is 7.11 Å². The van der Waals surface area contributed by atoms with Crippen LogP contribution in [0.1, 0.15) is 98.8 Å². The van der Waals surface area contributed by atoms with Gasteiger partial charge in [-0.05, 0) is 98.7 Å². The van der Waals surface area contributed by atoms with Crippen LogP contribution in [0.3, 0.4) is 0 Å². The van der Waals surface area contributed by atoms with Crippen LogP contribution in [0.2, 0.25) is 0 Å². The fourth-order valence-electron chi connectivity index (χ4n) is 9.48. The molecule has 0 spiro atoms. The van der Waals surface area contributed by atoms with Crippen molar-refractivity contribution in [2.24, 2.45) is 46.3 Å². The lowest BCUT2D eigenvalue weighted by molar-refractivity contribution is -0.197. The highest BCUT2D eigenvalue weighted by Crippen LogP contribution is 2.69. The van der Waals surface area contributed by atoms with Crippen LogP contribution in [0.5, 0.6) is 0 Å². The summed E-state index contributed by atoms with van der Waals surface area (Å²) in [6.45, 7) is 10.2. The molecule has 4 saturated carbocycles. The number of carbonyl (C=O) groups is 3. The molecule has 0 N–H and O–H groups in total. The number of hydrogen-bond acceptors (Lipinski definition) is 6. The average molecular weight is 491 g/mol. The molecule has 4 rings (SSSR count). The molecule has 6 heteroatoms. The van der Waals surface area contributed by atoms with Crippen LogP contribution in [0, 0.1) is 46.3 Å². The molecule has 0 aliphatic heterocycles. The minimum Gasteiger partial charge on any atom is -0.469 e. The van der Waals surface area contributed by atoms with Crippen molar-refractivity contribution in [3.63, 3.8) is 0 Å². The van der Waals surface area contributed by atoms with E-state index in [-0.39, 0.29) is 40.9 Å². The van der Waals surface area contributed by atoms with E-state index in [1.54, 1.807) is 6.92 Å². The number of ether oxygens (including phenoxy) is 3. The van der Waals surface area contributed by atoms with E-state index in [2.05, 4.69) is 20.8 Å². The Bertz CT molecular complexity index is 824. The van der Waals surface area contributed by atoms with Gasteiger partial charge < -0.3 is 14.2 Å². The van der Waals surface area contributed by atoms with Gasteiger partial charge in [0.25, 0.3) is 0 Å². The van der Waals surface area contributed by atoms with Crippen molar-refractivity contribution in [1.29, 1.82) is 0 Å². The number of hydrogen-bond donors (Lipinski definition) is 0. The minimum atomic E-state index is -0.183. The largest absolute Gasteiger partial charge is 0.469 e. The van der Waals surface area contributed by atoms with Gasteiger partial charge in [0, 0.05) is 25.7 Å². The standard InChI is InChI=1S/C29H46O6/c1-17(7-12-27(32)33-6)23-10-11-24-22-9-8-20-15-21(34-18(2)30)13-14-28(20,4)25(22)16-26(29(23,24)5)35-19(3)31/h17,20-26H,7-16H2,1-6H3/t17-,20-,21+,22-,23+,24-,25-,26-,28-,29+/m0/s1. The molecule has 35 heavy (non-hydrogen) atoms. The van der Waals surface area contributed by atoms with Crippen LogP contribution < -0.4 is 0 Å². The third-order valence-electron chi connectivity index (χ3n) is 11.1. The van der Waals surface area contributed by atoms with Gasteiger partial charge in [-0.3, -0.25) is 14.4 Å². The number of carbonyl (C=O) groups excluding carboxylic acids is 3. The lowest BCUT2D eigenvalue weighted by atomic mass is 9.43. The van der Waals surface area contributed by atoms with Gasteiger partial charge in [0.15, 0.2) is 0 Å². The summed E-state index contributed by atoms with van der Waals surface area (Å²) < 4.78 is 16.7. The molecular weight excluding hydrogens is 444 g/mol. The van der Waals surface area contributed by atoms with E-state index in [4.69, 9.17) is 14.2 Å². The summed E-state index contributed by atoms with van der Waals surface area (Å²) in [6, 6.07) is 0. The first kappa shape index (κ1) is 26.5. The molecule has 0 bridgehead atoms. The van der Waals surface area contributed by atoms with E-state index in [0.29, 0.717) is 41.9 Å². The van der Waals surface area contributed by atoms with E-state index in [0.717, 1.165) is 38.5 Å². The van der Waals surface area contributed by atoms with Crippen LogP contribution in [0.15, 0.2) is 0 Å². The van der Waals surface area contributed by atoms with Crippen molar-refractivity contribution < 1.29 is 28.6 Å². The highest BCUT2D eigenvalue weighted by Gasteiger charge is 2.65. The Morgan fingerprint density at radius 1 is 0.914 bits per heavy atom. The normalized spacial score (nSPS) is 43.2. The quantitative estimate of drug-likeness (QED) is 0.351. The Morgan fingerprint density at radius 2 is 1.63 bits per heavy atom. The Hall–Kier alpha value is -1.59. The first-order chi connectivity index (χ1) is 16.5. The van der Waals surface area contributed by atoms with Gasteiger partial charge in [-0.1, -0.05) is 20.8 Å². The van der Waals surface area contributed by atoms with Crippen molar-refractivity contribution in [3.8, 4) is 0 Å². The summed E-state index contributed by atoms with van der Waals surface area (Å²) in [6.07, 6.45) is 9.87. The molecule has 0 amide bonds. The summed E-state index contributed by atoms with van der Waals surface area (Å²) in [4.78, 5) is 35.7. The average Bonchev–Trinajstić information content (AvgIpc) is 3.16. The van der Waals surface area contributed by atoms with E-state index < -0.39 is 0 Å². The fourth-order valence-corrected chi connectivity index (χ4v) is 9.48. The zero-order valence-corrected chi connectivity index (χ0v) is 22.6. The van der Waals surface area contributed by atoms with Crippen molar-refractivity contribution in [3.05, 3.63) is 0 Å². The van der Waals surface area contributed by atoms with Gasteiger partial charge in [-0.2, -0.15) is 0 Å². The number of fused-ring (bicyclic) bond motifs is 5. The maximum Gasteiger partial charge on any atom is 0.305 e. The maximum atomic E-state index is 12.3. The van der Waals surface area contributed by atoms with Crippen LogP contribution in [0.25, 0.3) is 0 Å². The Labute approximate surface area is 211 Å². The van der Waals surface area contributed by atoms with E-state index >= 15 is 0 Å². The molecule has 4 aliphatic carbocycles. The van der Waals surface area contributed by atoms with Gasteiger partial charge in [0.2, 0.25) is 0 Å². The molecule has 0 saturated heterocycles. The third-order valence-corrected chi connectivity index (χ3v) is 11.1. The van der Waals surface area contributed by atoms with Gasteiger partial charge in [0.1, 0.15) is 12.2 Å². The molecule has 4 fully saturated rings. The number of rotatable bonds is 6. The maximum absolute atomic E-state index is 12.3. The summed E-state index contributed by atoms with van der Waals surface area (Å²) in [5, 5.41) is 0. The van der Waals surface area contributed by atoms with Gasteiger partial charge >= 0.3 is 17.9 Å². The number of methoxy groups -OCH3 is 1. The van der Waals surface area contributed by atoms with Crippen LogP contribution in [-0.4, -0.2) is 37.2 Å². The summed E-state index contributed by atoms with van der Waals surface area (Å²) >= 11 is 0. The SMILES string of the molecule is COC(=O)CC[C@H](C)[C@H]1CC[C@H]2[C@@H]3CC[C@H]4C[C@H](OC(C)=O)CC[C@]4(C)[C@H]3C[C@H](OC(C)=O)[C@]12C. The van der Waals surface area contributed by atoms with Gasteiger partial charge in [0.05, 0.1) is 7.11 Å². The molecule has 0 unspecified atom stereocenters. The van der Waals surface area contributed by atoms with Crippen molar-refractivity contribution >= 4 is 17.9 Å². The monoisotopic (exact) mass is 490 g/mol. The van der Waals surface area contributed by atoms with E-state index in [1.807, 2.05) is 0 Å². The summed E-state index contributed by atoms with van der Waals surface area (Å²) in [7, 11) is 1.45. The number of esters is 3. The van der Waals surface area contributed by atoms with E-state index in [1.165, 1.54) is 33.3 Å². The lowest BCUT2D eigenvalue weighted by Gasteiger charge is -2.62. The van der Waals surface area contributed by atoms with Crippen LogP contribution >= 0.6 is 0 Å². The van der Waals surface area contributed by atoms with Gasteiger partial charge in [-0.25, -0.2) is 0 Å². The molecular formula is C29H46O6. The fraction of sp³-hybridized carbons (Fsp3) is 0.897. The van der Waals surface area contributed by atoms with Crippen LogP contribution in [-0.2, 0) is 28.6 Å². The molecule has 0 radical (unpaired) electrons. The van der Waals surface area contributed by atoms with Crippen molar-refractivity contribution in [1.82, 2.24) is 0 Å². The minimum absolute atomic E-state index is 0.0479. The predicted octanol–water partition coefficient (Wildman–Crippen LogP) is 5.71. The molecule has 0 aromatic rings. The summed E-state index contributed by atoms with van der Waals surface area (Å²) in [5.74, 6) is 2.60. The Balaban J connectivity index is 1.58. The molecule has 0 aromatic heterocycles. The topological polar surface area (TPSA) is 78.9 Å². The first-order valence-electron chi connectivity index (χ1n) is 13.9. The predicted molar refractivity (Wildman–Crippen MR) is 132 cm³/mol. The molecule has 0 aromatic carbocycles. The smallest absolute Gasteiger partial charge is 0.305 e. The zero-order valence-electron chi connectivity index (χ0n) is 22.6. The Kier molecular flexibility index (Phi) is 7.60. The highest BCUT2D eigenvalue weighted by atomic mass is 16.5. The molecule has 4 aliphatic rings. The van der Waals surface area contributed by atoms with E-state index in [9.17, 15) is 14.4 Å². The molecule has 10 atom stereocenters. The Morgan fingerprint density at radius 3 is 2.29 bits per heavy atom. The second-order valence-corrected chi connectivity index (χ2v) is 12.6. The second-order valence-electron chi connectivity index (χ2n) is 12.6. The van der Waals surface area contributed by atoms with Gasteiger partial charge in [-0.15, -0.1) is 0 Å². The molecule has 6 nitrogen and oxygen atoms in total. The van der Waals surface area contributed by atoms with Crippen LogP contribution in [0.4, 0.5) is 0 Å². The highest BCUT2D eigenvalue weighted by molar-refractivity contribution is 5.69. The first-order valence-corrected chi connectivity index (χ1v) is 13.9. The molecule has 0 heterocycles. The second kappa shape index (κ2) is 10.0. The van der Waals surface area contributed by atoms with Crippen molar-refractivity contribution in [2.45, 2.75) is 111 Å². The lowest BCUT2D eigenvalue weighted by Crippen LogP contribution is -2.59. The summed E-state index contributed by atoms with van der Waals surface area (Å²) in [5.41, 5.74) is 0.147. The zero-order chi connectivity index (χ0) is 25.5. The third kappa shape index (κ3) is 4.75. The molecule has 198 valence electrons.